The summed E-state index contributed by atoms with van der Waals surface area (Å²) in [6, 6.07) is -0.424. The normalized spacial score (nSPS) is 60.7. The summed E-state index contributed by atoms with van der Waals surface area (Å²) >= 11 is 0. The zero-order chi connectivity index (χ0) is 23.7. The minimum Gasteiger partial charge on any atom is -0.462 e. The highest BCUT2D eigenvalue weighted by Gasteiger charge is 2.91. The molecule has 33 heavy (non-hydrogen) atoms. The first-order chi connectivity index (χ1) is 15.6. The Morgan fingerprint density at radius 1 is 1.24 bits per heavy atom. The number of likely N-dealkylation sites (N-methyl/N-ethyl adjacent to an activating group) is 1. The van der Waals surface area contributed by atoms with E-state index < -0.39 is 41.0 Å². The lowest BCUT2D eigenvalue weighted by Gasteiger charge is -2.70. The molecule has 6 rings (SSSR count). The highest BCUT2D eigenvalue weighted by Crippen LogP contribution is 2.80. The fourth-order valence-electron chi connectivity index (χ4n) is 10.8. The molecule has 8 nitrogen and oxygen atoms in total. The molecule has 0 amide bonds. The van der Waals surface area contributed by atoms with Gasteiger partial charge in [-0.05, 0) is 37.1 Å². The maximum Gasteiger partial charge on any atom is 0.302 e. The van der Waals surface area contributed by atoms with Crippen LogP contribution in [0.25, 0.3) is 0 Å². The van der Waals surface area contributed by atoms with E-state index in [9.17, 15) is 20.1 Å². The Labute approximate surface area is 195 Å². The molecule has 1 spiro atoms. The van der Waals surface area contributed by atoms with Crippen molar-refractivity contribution in [1.82, 2.24) is 4.90 Å². The van der Waals surface area contributed by atoms with Gasteiger partial charge in [0.15, 0.2) is 0 Å². The molecule has 8 heteroatoms. The number of nitrogens with zero attached hydrogens (tertiary/aromatic N) is 1. The second-order valence-electron chi connectivity index (χ2n) is 12.1. The molecule has 0 aromatic heterocycles. The van der Waals surface area contributed by atoms with Gasteiger partial charge in [-0.1, -0.05) is 13.8 Å². The molecule has 6 fully saturated rings. The highest BCUT2D eigenvalue weighted by atomic mass is 16.6. The number of hydrogen-bond donors (Lipinski definition) is 3. The molecule has 5 aliphatic carbocycles. The number of piperidine rings is 1. The molecule has 1 heterocycles. The Hall–Kier alpha value is -0.770. The quantitative estimate of drug-likeness (QED) is 0.517. The molecule has 1 saturated heterocycles. The zero-order valence-electron chi connectivity index (χ0n) is 20.4. The van der Waals surface area contributed by atoms with E-state index in [2.05, 4.69) is 18.7 Å². The van der Waals surface area contributed by atoms with Crippen LogP contribution in [0.2, 0.25) is 0 Å². The second-order valence-corrected chi connectivity index (χ2v) is 12.1. The molecular formula is C25H39NO7. The number of carbonyl (C=O) groups is 1. The number of aliphatic hydroxyl groups excluding tert-OH is 2. The van der Waals surface area contributed by atoms with E-state index in [4.69, 9.17) is 14.2 Å². The summed E-state index contributed by atoms with van der Waals surface area (Å²) in [6.07, 6.45) is 0.192. The SMILES string of the molecule is CCN1C[C@]2(C)CC[C@H](O)[C@@]34[C@@H]5C[C@H]6[C@H](OC(C)=O)[C@@H]5[C@](OC)(C[C@@H]6OC)[C@@](O)([C@@H](O)[C@H]23)[C@@H]14. The molecule has 7 bridgehead atoms. The lowest BCUT2D eigenvalue weighted by atomic mass is 9.43. The number of ether oxygens (including phenoxy) is 3. The third-order valence-electron chi connectivity index (χ3n) is 11.4. The molecule has 0 unspecified atom stereocenters. The fraction of sp³-hybridized carbons (Fsp3) is 0.960. The van der Waals surface area contributed by atoms with Crippen LogP contribution in [0.15, 0.2) is 0 Å². The monoisotopic (exact) mass is 465 g/mol. The minimum atomic E-state index is -1.61. The van der Waals surface area contributed by atoms with Gasteiger partial charge in [-0.2, -0.15) is 0 Å². The average molecular weight is 466 g/mol. The number of rotatable bonds is 4. The van der Waals surface area contributed by atoms with E-state index >= 15 is 0 Å². The van der Waals surface area contributed by atoms with Crippen LogP contribution in [0.1, 0.15) is 46.5 Å². The van der Waals surface area contributed by atoms with Gasteiger partial charge in [-0.25, -0.2) is 0 Å². The number of methoxy groups -OCH3 is 2. The number of aliphatic hydroxyl groups is 3. The Kier molecular flexibility index (Phi) is 4.61. The van der Waals surface area contributed by atoms with Crippen molar-refractivity contribution in [2.75, 3.05) is 27.3 Å². The van der Waals surface area contributed by atoms with Gasteiger partial charge in [0, 0.05) is 57.3 Å². The summed E-state index contributed by atoms with van der Waals surface area (Å²) < 4.78 is 18.2. The Bertz CT molecular complexity index is 870. The van der Waals surface area contributed by atoms with Crippen LogP contribution < -0.4 is 0 Å². The number of carbonyl (C=O) groups excluding carboxylic acids is 1. The van der Waals surface area contributed by atoms with Gasteiger partial charge in [-0.15, -0.1) is 0 Å². The van der Waals surface area contributed by atoms with Crippen molar-refractivity contribution in [3.8, 4) is 0 Å². The van der Waals surface area contributed by atoms with Crippen molar-refractivity contribution >= 4 is 5.97 Å². The largest absolute Gasteiger partial charge is 0.462 e. The van der Waals surface area contributed by atoms with Gasteiger partial charge in [-0.3, -0.25) is 9.69 Å². The smallest absolute Gasteiger partial charge is 0.302 e. The summed E-state index contributed by atoms with van der Waals surface area (Å²) in [5.41, 5.74) is -3.66. The maximum atomic E-state index is 12.9. The van der Waals surface area contributed by atoms with Crippen molar-refractivity contribution in [2.45, 2.75) is 88.1 Å². The van der Waals surface area contributed by atoms with E-state index in [0.717, 1.165) is 25.9 Å². The van der Waals surface area contributed by atoms with E-state index in [0.29, 0.717) is 12.8 Å². The van der Waals surface area contributed by atoms with Gasteiger partial charge in [0.05, 0.1) is 24.4 Å². The molecule has 3 N–H and O–H groups in total. The highest BCUT2D eigenvalue weighted by molar-refractivity contribution is 5.66. The predicted octanol–water partition coefficient (Wildman–Crippen LogP) is 0.561. The first-order valence-corrected chi connectivity index (χ1v) is 12.7. The zero-order valence-corrected chi connectivity index (χ0v) is 20.4. The first-order valence-electron chi connectivity index (χ1n) is 12.7. The maximum absolute atomic E-state index is 12.9. The Morgan fingerprint density at radius 2 is 1.97 bits per heavy atom. The molecule has 0 aromatic carbocycles. The predicted molar refractivity (Wildman–Crippen MR) is 117 cm³/mol. The summed E-state index contributed by atoms with van der Waals surface area (Å²) in [6.45, 7) is 7.24. The third-order valence-corrected chi connectivity index (χ3v) is 11.4. The molecule has 13 atom stereocenters. The summed E-state index contributed by atoms with van der Waals surface area (Å²) in [7, 11) is 3.26. The average Bonchev–Trinajstić information content (AvgIpc) is 3.14. The summed E-state index contributed by atoms with van der Waals surface area (Å²) in [5, 5.41) is 36.8. The summed E-state index contributed by atoms with van der Waals surface area (Å²) in [5.74, 6) is -0.990. The van der Waals surface area contributed by atoms with E-state index in [1.54, 1.807) is 14.2 Å². The van der Waals surface area contributed by atoms with E-state index in [1.807, 2.05) is 0 Å². The number of esters is 1. The fourth-order valence-corrected chi connectivity index (χ4v) is 10.8. The standard InChI is InChI=1S/C25H39NO7/c1-6-26-11-22(3)8-7-16(28)24-14-9-13-15(31-4)10-23(32-5,17(14)18(13)33-12(2)27)25(30,21(24)26)20(29)19(22)24/h13-21,28-30H,6-11H2,1-5H3/t13-,14-,15+,16+,17-,18+,19-,20+,21+,22+,23-,24+,25-/m1/s1. The first kappa shape index (κ1) is 22.7. The molecule has 0 aromatic rings. The molecular weight excluding hydrogens is 426 g/mol. The minimum absolute atomic E-state index is 0.0252. The lowest BCUT2D eigenvalue weighted by molar-refractivity contribution is -0.322. The van der Waals surface area contributed by atoms with Gasteiger partial charge < -0.3 is 29.5 Å². The topological polar surface area (TPSA) is 109 Å². The van der Waals surface area contributed by atoms with Gasteiger partial charge in [0.25, 0.3) is 0 Å². The third kappa shape index (κ3) is 2.16. The van der Waals surface area contributed by atoms with E-state index in [-0.39, 0.29) is 41.2 Å². The van der Waals surface area contributed by atoms with Gasteiger partial charge >= 0.3 is 5.97 Å². The van der Waals surface area contributed by atoms with Crippen molar-refractivity contribution in [3.63, 3.8) is 0 Å². The van der Waals surface area contributed by atoms with Crippen LogP contribution in [0, 0.1) is 34.5 Å². The molecule has 1 aliphatic heterocycles. The summed E-state index contributed by atoms with van der Waals surface area (Å²) in [4.78, 5) is 14.5. The van der Waals surface area contributed by atoms with Crippen LogP contribution in [0.4, 0.5) is 0 Å². The van der Waals surface area contributed by atoms with Gasteiger partial charge in [0.2, 0.25) is 0 Å². The molecule has 6 aliphatic rings. The molecule has 0 radical (unpaired) electrons. The number of hydrogen-bond acceptors (Lipinski definition) is 8. The van der Waals surface area contributed by atoms with Crippen LogP contribution in [0.3, 0.4) is 0 Å². The van der Waals surface area contributed by atoms with Crippen molar-refractivity contribution in [1.29, 1.82) is 0 Å². The van der Waals surface area contributed by atoms with Crippen LogP contribution >= 0.6 is 0 Å². The van der Waals surface area contributed by atoms with Crippen LogP contribution in [0.5, 0.6) is 0 Å². The van der Waals surface area contributed by atoms with Crippen LogP contribution in [-0.4, -0.2) is 95.2 Å². The van der Waals surface area contributed by atoms with Crippen molar-refractivity contribution in [3.05, 3.63) is 0 Å². The van der Waals surface area contributed by atoms with Crippen molar-refractivity contribution < 1.29 is 34.3 Å². The Balaban J connectivity index is 1.66. The second kappa shape index (κ2) is 6.71. The van der Waals surface area contributed by atoms with Crippen LogP contribution in [-0.2, 0) is 19.0 Å². The Morgan fingerprint density at radius 3 is 2.58 bits per heavy atom. The van der Waals surface area contributed by atoms with Gasteiger partial charge in [0.1, 0.15) is 17.3 Å². The van der Waals surface area contributed by atoms with Crippen molar-refractivity contribution in [2.24, 2.45) is 34.5 Å². The number of fused-ring (bicyclic) bond motifs is 2. The van der Waals surface area contributed by atoms with E-state index in [1.165, 1.54) is 6.92 Å². The molecule has 186 valence electrons. The number of likely N-dealkylation sites (tertiary alicyclic amines) is 1. The molecule has 5 saturated carbocycles. The lowest BCUT2D eigenvalue weighted by Crippen LogP contribution is -2.82.